The summed E-state index contributed by atoms with van der Waals surface area (Å²) >= 11 is 0. The maximum Gasteiger partial charge on any atom is 0.328 e. The van der Waals surface area contributed by atoms with Crippen molar-refractivity contribution >= 4 is 23.6 Å². The number of methoxy groups -OCH3 is 2. The molecule has 1 N–H and O–H groups in total. The van der Waals surface area contributed by atoms with Crippen LogP contribution in [-0.4, -0.2) is 43.9 Å². The average molecular weight is 287 g/mol. The van der Waals surface area contributed by atoms with E-state index in [1.54, 1.807) is 6.92 Å². The van der Waals surface area contributed by atoms with Gasteiger partial charge in [-0.1, -0.05) is 6.92 Å². The Hall–Kier alpha value is -1.92. The van der Waals surface area contributed by atoms with Crippen molar-refractivity contribution < 1.29 is 28.7 Å². The van der Waals surface area contributed by atoms with Gasteiger partial charge in [0.25, 0.3) is 0 Å². The van der Waals surface area contributed by atoms with E-state index in [0.29, 0.717) is 6.42 Å². The maximum atomic E-state index is 11.6. The Balaban J connectivity index is 4.34. The number of hydrogen-bond donors (Lipinski definition) is 1. The zero-order valence-corrected chi connectivity index (χ0v) is 12.1. The highest BCUT2D eigenvalue weighted by Crippen LogP contribution is 2.04. The van der Waals surface area contributed by atoms with E-state index in [1.807, 2.05) is 0 Å². The highest BCUT2D eigenvalue weighted by Gasteiger charge is 2.22. The first kappa shape index (κ1) is 18.1. The third-order valence-electron chi connectivity index (χ3n) is 2.71. The van der Waals surface area contributed by atoms with Gasteiger partial charge in [-0.2, -0.15) is 0 Å². The van der Waals surface area contributed by atoms with Crippen LogP contribution in [0.5, 0.6) is 0 Å². The molecule has 7 nitrogen and oxygen atoms in total. The summed E-state index contributed by atoms with van der Waals surface area (Å²) in [6.07, 6.45) is 0.604. The van der Waals surface area contributed by atoms with Gasteiger partial charge >= 0.3 is 11.9 Å². The standard InChI is InChI=1S/C13H21NO6/c1-4-9(15)5-6-10(13(18)20-3)14-11(16)7-8-12(17)19-2/h10H,4-8H2,1-3H3,(H,14,16)/t10-/m0/s1. The highest BCUT2D eigenvalue weighted by atomic mass is 16.5. The Kier molecular flexibility index (Phi) is 8.98. The lowest BCUT2D eigenvalue weighted by molar-refractivity contribution is -0.145. The van der Waals surface area contributed by atoms with Crippen LogP contribution in [0, 0.1) is 0 Å². The molecule has 0 spiro atoms. The second kappa shape index (κ2) is 9.94. The largest absolute Gasteiger partial charge is 0.469 e. The third-order valence-corrected chi connectivity index (χ3v) is 2.71. The molecule has 0 aromatic carbocycles. The van der Waals surface area contributed by atoms with E-state index in [1.165, 1.54) is 14.2 Å². The summed E-state index contributed by atoms with van der Waals surface area (Å²) in [6.45, 7) is 1.73. The second-order valence-corrected chi connectivity index (χ2v) is 4.15. The Bertz CT molecular complexity index is 366. The molecule has 0 radical (unpaired) electrons. The fourth-order valence-electron chi connectivity index (χ4n) is 1.46. The molecule has 0 rings (SSSR count). The van der Waals surface area contributed by atoms with Crippen molar-refractivity contribution in [3.05, 3.63) is 0 Å². The summed E-state index contributed by atoms with van der Waals surface area (Å²) in [6, 6.07) is -0.874. The van der Waals surface area contributed by atoms with Crippen molar-refractivity contribution in [3.63, 3.8) is 0 Å². The Morgan fingerprint density at radius 1 is 1.00 bits per heavy atom. The average Bonchev–Trinajstić information content (AvgIpc) is 2.47. The molecule has 0 aliphatic rings. The Labute approximate surface area is 118 Å². The summed E-state index contributed by atoms with van der Waals surface area (Å²) in [7, 11) is 2.44. The van der Waals surface area contributed by atoms with Crippen LogP contribution >= 0.6 is 0 Å². The van der Waals surface area contributed by atoms with Crippen molar-refractivity contribution in [1.82, 2.24) is 5.32 Å². The molecular weight excluding hydrogens is 266 g/mol. The van der Waals surface area contributed by atoms with Crippen LogP contribution in [-0.2, 0) is 28.7 Å². The molecule has 0 heterocycles. The lowest BCUT2D eigenvalue weighted by atomic mass is 10.1. The monoisotopic (exact) mass is 287 g/mol. The van der Waals surface area contributed by atoms with Crippen molar-refractivity contribution in [2.75, 3.05) is 14.2 Å². The fourth-order valence-corrected chi connectivity index (χ4v) is 1.46. The van der Waals surface area contributed by atoms with Gasteiger partial charge in [-0.25, -0.2) is 4.79 Å². The molecule has 0 fully saturated rings. The number of nitrogens with one attached hydrogen (secondary N) is 1. The maximum absolute atomic E-state index is 11.6. The van der Waals surface area contributed by atoms with E-state index in [4.69, 9.17) is 0 Å². The number of rotatable bonds is 9. The van der Waals surface area contributed by atoms with Gasteiger partial charge in [0, 0.05) is 19.3 Å². The normalized spacial score (nSPS) is 11.3. The van der Waals surface area contributed by atoms with E-state index in [0.717, 1.165) is 0 Å². The molecule has 114 valence electrons. The van der Waals surface area contributed by atoms with Crippen LogP contribution in [0.25, 0.3) is 0 Å². The van der Waals surface area contributed by atoms with Crippen LogP contribution < -0.4 is 5.32 Å². The van der Waals surface area contributed by atoms with Crippen molar-refractivity contribution in [1.29, 1.82) is 0 Å². The minimum absolute atomic E-state index is 0.00251. The summed E-state index contributed by atoms with van der Waals surface area (Å²) < 4.78 is 8.98. The Morgan fingerprint density at radius 3 is 2.15 bits per heavy atom. The summed E-state index contributed by atoms with van der Waals surface area (Å²) in [5.74, 6) is -1.58. The minimum atomic E-state index is -0.874. The van der Waals surface area contributed by atoms with Gasteiger partial charge in [0.2, 0.25) is 5.91 Å². The molecule has 0 aromatic heterocycles. The quantitative estimate of drug-likeness (QED) is 0.615. The number of esters is 2. The molecule has 1 atom stereocenters. The molecule has 0 aliphatic carbocycles. The number of carbonyl (C=O) groups is 4. The molecule has 0 saturated carbocycles. The van der Waals surface area contributed by atoms with Crippen LogP contribution in [0.1, 0.15) is 39.0 Å². The van der Waals surface area contributed by atoms with Gasteiger partial charge in [0.05, 0.1) is 20.6 Å². The van der Waals surface area contributed by atoms with Gasteiger partial charge < -0.3 is 14.8 Å². The Morgan fingerprint density at radius 2 is 1.65 bits per heavy atom. The first-order valence-electron chi connectivity index (χ1n) is 6.40. The van der Waals surface area contributed by atoms with E-state index in [2.05, 4.69) is 14.8 Å². The number of carbonyl (C=O) groups excluding carboxylic acids is 4. The topological polar surface area (TPSA) is 98.8 Å². The molecule has 20 heavy (non-hydrogen) atoms. The smallest absolute Gasteiger partial charge is 0.328 e. The predicted octanol–water partition coefficient (Wildman–Crippen LogP) is 0.357. The first-order chi connectivity index (χ1) is 9.44. The van der Waals surface area contributed by atoms with Gasteiger partial charge in [-0.05, 0) is 6.42 Å². The van der Waals surface area contributed by atoms with Crippen LogP contribution in [0.2, 0.25) is 0 Å². The highest BCUT2D eigenvalue weighted by molar-refractivity contribution is 5.87. The van der Waals surface area contributed by atoms with Crippen molar-refractivity contribution in [2.45, 2.75) is 45.1 Å². The van der Waals surface area contributed by atoms with Gasteiger partial charge in [0.1, 0.15) is 11.8 Å². The fraction of sp³-hybridized carbons (Fsp3) is 0.692. The molecule has 0 unspecified atom stereocenters. The van der Waals surface area contributed by atoms with Gasteiger partial charge in [0.15, 0.2) is 0 Å². The zero-order chi connectivity index (χ0) is 15.5. The summed E-state index contributed by atoms with van der Waals surface area (Å²) in [5, 5.41) is 2.45. The van der Waals surface area contributed by atoms with Crippen molar-refractivity contribution in [2.24, 2.45) is 0 Å². The lowest BCUT2D eigenvalue weighted by Gasteiger charge is -2.15. The summed E-state index contributed by atoms with van der Waals surface area (Å²) in [5.41, 5.74) is 0. The van der Waals surface area contributed by atoms with E-state index in [9.17, 15) is 19.2 Å². The molecule has 1 amide bonds. The molecular formula is C13H21NO6. The third kappa shape index (κ3) is 7.50. The number of ether oxygens (including phenoxy) is 2. The van der Waals surface area contributed by atoms with Gasteiger partial charge in [-0.15, -0.1) is 0 Å². The van der Waals surface area contributed by atoms with E-state index in [-0.39, 0.29) is 31.5 Å². The molecule has 0 aromatic rings. The predicted molar refractivity (Wildman–Crippen MR) is 69.7 cm³/mol. The summed E-state index contributed by atoms with van der Waals surface area (Å²) in [4.78, 5) is 45.2. The molecule has 0 saturated heterocycles. The molecule has 0 bridgehead atoms. The lowest BCUT2D eigenvalue weighted by Crippen LogP contribution is -2.41. The SMILES string of the molecule is CCC(=O)CC[C@H](NC(=O)CCC(=O)OC)C(=O)OC. The number of Topliss-reactive ketones (excluding diaryl/α,β-unsaturated/α-hetero) is 1. The van der Waals surface area contributed by atoms with Crippen LogP contribution in [0.4, 0.5) is 0 Å². The number of hydrogen-bond acceptors (Lipinski definition) is 6. The van der Waals surface area contributed by atoms with E-state index >= 15 is 0 Å². The zero-order valence-electron chi connectivity index (χ0n) is 12.1. The van der Waals surface area contributed by atoms with Crippen LogP contribution in [0.3, 0.4) is 0 Å². The van der Waals surface area contributed by atoms with Crippen molar-refractivity contribution in [3.8, 4) is 0 Å². The number of ketones is 1. The molecule has 0 aliphatic heterocycles. The second-order valence-electron chi connectivity index (χ2n) is 4.15. The first-order valence-corrected chi connectivity index (χ1v) is 6.40. The van der Waals surface area contributed by atoms with Crippen LogP contribution in [0.15, 0.2) is 0 Å². The minimum Gasteiger partial charge on any atom is -0.469 e. The molecule has 7 heteroatoms. The number of amides is 1. The van der Waals surface area contributed by atoms with Gasteiger partial charge in [-0.3, -0.25) is 14.4 Å². The van der Waals surface area contributed by atoms with E-state index < -0.39 is 23.9 Å².